The van der Waals surface area contributed by atoms with Crippen molar-refractivity contribution in [2.75, 3.05) is 20.7 Å². The van der Waals surface area contributed by atoms with E-state index in [1.165, 1.54) is 6.08 Å². The van der Waals surface area contributed by atoms with Crippen LogP contribution in [0, 0.1) is 23.7 Å². The third-order valence-electron chi connectivity index (χ3n) is 8.56. The molecule has 2 aliphatic heterocycles. The van der Waals surface area contributed by atoms with Crippen LogP contribution in [-0.2, 0) is 28.6 Å². The lowest BCUT2D eigenvalue weighted by Gasteiger charge is -2.46. The summed E-state index contributed by atoms with van der Waals surface area (Å²) in [7, 11) is 3.43. The van der Waals surface area contributed by atoms with Crippen molar-refractivity contribution in [3.05, 3.63) is 23.8 Å². The van der Waals surface area contributed by atoms with E-state index in [1.807, 2.05) is 6.92 Å². The smallest absolute Gasteiger partial charge is 0.308 e. The highest BCUT2D eigenvalue weighted by molar-refractivity contribution is 5.91. The molecule has 0 bridgehead atoms. The fourth-order valence-corrected chi connectivity index (χ4v) is 5.93. The van der Waals surface area contributed by atoms with E-state index in [2.05, 4.69) is 0 Å². The van der Waals surface area contributed by atoms with E-state index < -0.39 is 78.6 Å². The van der Waals surface area contributed by atoms with Crippen LogP contribution in [0.15, 0.2) is 23.8 Å². The molecule has 11 heteroatoms. The van der Waals surface area contributed by atoms with E-state index in [0.717, 1.165) is 6.29 Å². The van der Waals surface area contributed by atoms with E-state index in [-0.39, 0.29) is 31.7 Å². The number of nitrogens with zero attached hydrogens (tertiary/aromatic N) is 1. The van der Waals surface area contributed by atoms with Gasteiger partial charge in [-0.25, -0.2) is 0 Å². The Morgan fingerprint density at radius 2 is 1.76 bits per heavy atom. The second-order valence-corrected chi connectivity index (χ2v) is 12.1. The number of hydrogen-bond donors (Lipinski definition) is 4. The molecule has 0 radical (unpaired) electrons. The van der Waals surface area contributed by atoms with Crippen molar-refractivity contribution in [2.45, 2.75) is 109 Å². The molecule has 0 aromatic heterocycles. The topological polar surface area (TPSA) is 163 Å². The van der Waals surface area contributed by atoms with Gasteiger partial charge in [-0.1, -0.05) is 38.5 Å². The molecule has 0 aromatic rings. The minimum absolute atomic E-state index is 0.000625. The molecular formula is C31H51NO10. The van der Waals surface area contributed by atoms with Gasteiger partial charge in [-0.2, -0.15) is 0 Å². The number of aliphatic hydroxyl groups excluding tert-OH is 4. The molecule has 4 N–H and O–H groups in total. The molecule has 2 rings (SSSR count). The van der Waals surface area contributed by atoms with E-state index in [0.29, 0.717) is 12.0 Å². The van der Waals surface area contributed by atoms with Crippen molar-refractivity contribution in [3.8, 4) is 0 Å². The molecule has 240 valence electrons. The van der Waals surface area contributed by atoms with Gasteiger partial charge in [-0.05, 0) is 52.8 Å². The summed E-state index contributed by atoms with van der Waals surface area (Å²) in [4.78, 5) is 39.6. The van der Waals surface area contributed by atoms with Crippen molar-refractivity contribution < 1.29 is 49.0 Å². The monoisotopic (exact) mass is 597 g/mol. The lowest BCUT2D eigenvalue weighted by atomic mass is 9.79. The number of aldehydes is 1. The van der Waals surface area contributed by atoms with E-state index >= 15 is 0 Å². The average molecular weight is 598 g/mol. The average Bonchev–Trinajstić information content (AvgIpc) is 2.93. The zero-order valence-electron chi connectivity index (χ0n) is 26.0. The lowest BCUT2D eigenvalue weighted by Crippen LogP contribution is -2.63. The third kappa shape index (κ3) is 9.51. The molecule has 2 heterocycles. The number of rotatable bonds is 7. The Balaban J connectivity index is 2.52. The van der Waals surface area contributed by atoms with E-state index in [4.69, 9.17) is 14.2 Å². The van der Waals surface area contributed by atoms with Gasteiger partial charge in [0.05, 0.1) is 43.5 Å². The highest BCUT2D eigenvalue weighted by Crippen LogP contribution is 2.34. The quantitative estimate of drug-likeness (QED) is 0.248. The zero-order chi connectivity index (χ0) is 31.7. The van der Waals surface area contributed by atoms with Crippen LogP contribution in [0.3, 0.4) is 0 Å². The first-order valence-electron chi connectivity index (χ1n) is 14.9. The summed E-state index contributed by atoms with van der Waals surface area (Å²) in [5, 5.41) is 43.0. The molecule has 0 saturated carbocycles. The fraction of sp³-hybridized carbons (Fsp3) is 0.774. The van der Waals surface area contributed by atoms with Gasteiger partial charge < -0.3 is 44.3 Å². The molecule has 12 atom stereocenters. The summed E-state index contributed by atoms with van der Waals surface area (Å²) in [6.07, 6.45) is -1.12. The SMILES string of the molecule is CC[C@H]1OC(=O)C[C@@H](O)[C@H](C)[C@@H](O[C@@H]2O[C@H](C)C(O)C(N(C)C)C2O)[C@@H](CC=O)C[C@@H](C)C(=O)/C=C/C(C)=C/[C@@H]1CO. The van der Waals surface area contributed by atoms with Crippen molar-refractivity contribution in [2.24, 2.45) is 23.7 Å². The molecule has 0 amide bonds. The molecule has 0 aliphatic carbocycles. The number of esters is 1. The Morgan fingerprint density at radius 3 is 2.33 bits per heavy atom. The maximum Gasteiger partial charge on any atom is 0.308 e. The predicted octanol–water partition coefficient (Wildman–Crippen LogP) is 1.40. The number of ether oxygens (including phenoxy) is 3. The Hall–Kier alpha value is -1.99. The van der Waals surface area contributed by atoms with Crippen LogP contribution < -0.4 is 0 Å². The molecule has 2 aliphatic rings. The zero-order valence-corrected chi connectivity index (χ0v) is 26.0. The van der Waals surface area contributed by atoms with Crippen LogP contribution >= 0.6 is 0 Å². The van der Waals surface area contributed by atoms with Crippen molar-refractivity contribution >= 4 is 18.0 Å². The van der Waals surface area contributed by atoms with Gasteiger partial charge in [-0.3, -0.25) is 9.59 Å². The van der Waals surface area contributed by atoms with Gasteiger partial charge in [0.25, 0.3) is 0 Å². The molecular weight excluding hydrogens is 546 g/mol. The summed E-state index contributed by atoms with van der Waals surface area (Å²) in [5.74, 6) is -3.16. The molecule has 11 nitrogen and oxygen atoms in total. The summed E-state index contributed by atoms with van der Waals surface area (Å²) in [6, 6.07) is -0.711. The first kappa shape index (κ1) is 36.2. The summed E-state index contributed by atoms with van der Waals surface area (Å²) >= 11 is 0. The number of ketones is 1. The molecule has 1 saturated heterocycles. The van der Waals surface area contributed by atoms with Crippen LogP contribution in [0.1, 0.15) is 60.3 Å². The van der Waals surface area contributed by atoms with Gasteiger partial charge in [0.1, 0.15) is 18.5 Å². The molecule has 0 spiro atoms. The predicted molar refractivity (Wildman–Crippen MR) is 155 cm³/mol. The Bertz CT molecular complexity index is 952. The van der Waals surface area contributed by atoms with E-state index in [1.54, 1.807) is 58.8 Å². The van der Waals surface area contributed by atoms with Crippen LogP contribution in [0.4, 0.5) is 0 Å². The molecule has 42 heavy (non-hydrogen) atoms. The first-order chi connectivity index (χ1) is 19.7. The third-order valence-corrected chi connectivity index (χ3v) is 8.56. The van der Waals surface area contributed by atoms with E-state index in [9.17, 15) is 34.8 Å². The summed E-state index contributed by atoms with van der Waals surface area (Å²) in [5.41, 5.74) is 0.714. The minimum atomic E-state index is -1.27. The van der Waals surface area contributed by atoms with Crippen LogP contribution in [0.2, 0.25) is 0 Å². The highest BCUT2D eigenvalue weighted by Gasteiger charge is 2.47. The highest BCUT2D eigenvalue weighted by atomic mass is 16.7. The van der Waals surface area contributed by atoms with Crippen LogP contribution in [0.25, 0.3) is 0 Å². The Labute approximate surface area is 249 Å². The number of likely N-dealkylation sites (N-methyl/N-ethyl adjacent to an activating group) is 1. The molecule has 3 unspecified atom stereocenters. The number of carbonyl (C=O) groups is 3. The second kappa shape index (κ2) is 16.7. The molecule has 0 aromatic carbocycles. The second-order valence-electron chi connectivity index (χ2n) is 12.1. The fourth-order valence-electron chi connectivity index (χ4n) is 5.93. The van der Waals surface area contributed by atoms with Gasteiger partial charge in [-0.15, -0.1) is 0 Å². The van der Waals surface area contributed by atoms with Crippen molar-refractivity contribution in [1.29, 1.82) is 0 Å². The van der Waals surface area contributed by atoms with Crippen molar-refractivity contribution in [3.63, 3.8) is 0 Å². The first-order valence-corrected chi connectivity index (χ1v) is 14.9. The summed E-state index contributed by atoms with van der Waals surface area (Å²) in [6.45, 7) is 8.42. The van der Waals surface area contributed by atoms with Gasteiger partial charge in [0, 0.05) is 24.2 Å². The normalized spacial score (nSPS) is 41.6. The number of allylic oxidation sites excluding steroid dienone is 3. The standard InChI is InChI=1S/C31H51NO10/c1-8-25-22(16-34)13-17(2)9-10-23(35)18(3)14-21(11-12-33)30(19(4)24(36)15-26(37)41-25)42-31-29(39)27(32(6)7)28(38)20(5)40-31/h9-10,12-13,18-22,24-25,27-31,34,36,38-39H,8,11,14-16H2,1-7H3/b10-9+,17-13+/t18-,19+,20-,21+,22-,24-,25-,27?,28?,29?,30-,31+/m1/s1. The molecule has 1 fully saturated rings. The summed E-state index contributed by atoms with van der Waals surface area (Å²) < 4.78 is 17.9. The minimum Gasteiger partial charge on any atom is -0.462 e. The number of cyclic esters (lactones) is 1. The van der Waals surface area contributed by atoms with Gasteiger partial charge in [0.15, 0.2) is 12.1 Å². The maximum absolute atomic E-state index is 13.1. The van der Waals surface area contributed by atoms with Gasteiger partial charge >= 0.3 is 5.97 Å². The largest absolute Gasteiger partial charge is 0.462 e. The van der Waals surface area contributed by atoms with Gasteiger partial charge in [0.2, 0.25) is 0 Å². The number of carbonyl (C=O) groups excluding carboxylic acids is 3. The maximum atomic E-state index is 13.1. The Morgan fingerprint density at radius 1 is 1.10 bits per heavy atom. The number of hydrogen-bond acceptors (Lipinski definition) is 11. The van der Waals surface area contributed by atoms with Crippen LogP contribution in [-0.4, -0.2) is 113 Å². The lowest BCUT2D eigenvalue weighted by molar-refractivity contribution is -0.304. The van der Waals surface area contributed by atoms with Crippen LogP contribution in [0.5, 0.6) is 0 Å². The Kier molecular flexibility index (Phi) is 14.4. The number of aliphatic hydroxyl groups is 4. The van der Waals surface area contributed by atoms with Crippen molar-refractivity contribution in [1.82, 2.24) is 4.90 Å².